The van der Waals surface area contributed by atoms with Crippen molar-refractivity contribution in [3.8, 4) is 0 Å². The van der Waals surface area contributed by atoms with Gasteiger partial charge >= 0.3 is 72.4 Å². The molecule has 0 saturated carbocycles. The molecule has 0 radical (unpaired) electrons. The van der Waals surface area contributed by atoms with Crippen molar-refractivity contribution in [1.82, 2.24) is 0 Å². The first kappa shape index (κ1) is 47.1. The smallest absolute Gasteiger partial charge is 1.00 e. The SMILES string of the molecule is C.C.C.C=N[NH-].CCC[C-]=O.[H-].[K+].[W+2]. The van der Waals surface area contributed by atoms with Gasteiger partial charge < -0.3 is 17.2 Å². The van der Waals surface area contributed by atoms with Crippen LogP contribution in [0.4, 0.5) is 0 Å². The van der Waals surface area contributed by atoms with Gasteiger partial charge in [0.25, 0.3) is 0 Å². The molecule has 0 aromatic heterocycles. The van der Waals surface area contributed by atoms with E-state index < -0.39 is 0 Å². The van der Waals surface area contributed by atoms with Gasteiger partial charge in [-0.3, -0.25) is 6.29 Å². The Kier molecular flexibility index (Phi) is 254. The Morgan fingerprint density at radius 2 is 1.69 bits per heavy atom. The number of carbonyl (C=O) groups excluding carboxylic acids is 1. The van der Waals surface area contributed by atoms with Crippen LogP contribution in [0, 0.1) is 0 Å². The zero-order valence-electron chi connectivity index (χ0n) is 7.39. The Bertz CT molecular complexity index is 71.3. The van der Waals surface area contributed by atoms with E-state index in [4.69, 9.17) is 5.84 Å². The molecule has 0 rings (SSSR count). The fraction of sp³-hybridized carbons (Fsp3) is 0.750. The largest absolute Gasteiger partial charge is 2.00 e. The number of nitrogens with one attached hydrogen (secondary N) is 1. The van der Waals surface area contributed by atoms with Gasteiger partial charge in [0.1, 0.15) is 0 Å². The van der Waals surface area contributed by atoms with Crippen LogP contribution in [-0.2, 0) is 25.9 Å². The van der Waals surface area contributed by atoms with Gasteiger partial charge in [0.2, 0.25) is 0 Å². The summed E-state index contributed by atoms with van der Waals surface area (Å²) < 4.78 is 0. The van der Waals surface area contributed by atoms with Crippen molar-refractivity contribution in [2.75, 3.05) is 0 Å². The minimum Gasteiger partial charge on any atom is -1.00 e. The van der Waals surface area contributed by atoms with Crippen LogP contribution in [0.2, 0.25) is 0 Å². The van der Waals surface area contributed by atoms with Crippen molar-refractivity contribution in [3.63, 3.8) is 0 Å². The third kappa shape index (κ3) is 147. The first-order valence-corrected chi connectivity index (χ1v) is 2.30. The summed E-state index contributed by atoms with van der Waals surface area (Å²) in [6.45, 7) is 4.73. The van der Waals surface area contributed by atoms with Crippen LogP contribution in [0.5, 0.6) is 0 Å². The minimum absolute atomic E-state index is 0. The molecule has 13 heavy (non-hydrogen) atoms. The number of unbranched alkanes of at least 4 members (excludes halogenated alkanes) is 1. The summed E-state index contributed by atoms with van der Waals surface area (Å²) in [5.74, 6) is 5.72. The zero-order chi connectivity index (χ0) is 6.83. The summed E-state index contributed by atoms with van der Waals surface area (Å²) in [7, 11) is 0. The maximum Gasteiger partial charge on any atom is 2.00 e. The van der Waals surface area contributed by atoms with E-state index in [-0.39, 0.29) is 96.2 Å². The van der Waals surface area contributed by atoms with Crippen molar-refractivity contribution in [3.05, 3.63) is 5.84 Å². The number of rotatable bonds is 2. The maximum absolute atomic E-state index is 9.28. The third-order valence-corrected chi connectivity index (χ3v) is 0.352. The predicted molar refractivity (Wildman–Crippen MR) is 55.8 cm³/mol. The second kappa shape index (κ2) is 70.1. The monoisotopic (exact) mass is 386 g/mol. The van der Waals surface area contributed by atoms with E-state index in [0.29, 0.717) is 6.42 Å². The van der Waals surface area contributed by atoms with E-state index in [1.807, 2.05) is 6.92 Å². The van der Waals surface area contributed by atoms with Gasteiger partial charge in [-0.15, -0.1) is 0 Å². The number of nitrogens with zero attached hydrogens (tertiary/aromatic N) is 1. The van der Waals surface area contributed by atoms with Crippen molar-refractivity contribution in [2.24, 2.45) is 5.10 Å². The normalized spacial score (nSPS) is 3.77. The minimum atomic E-state index is 0. The summed E-state index contributed by atoms with van der Waals surface area (Å²) in [5, 5.41) is 2.50. The van der Waals surface area contributed by atoms with E-state index in [0.717, 1.165) is 6.42 Å². The van der Waals surface area contributed by atoms with E-state index in [9.17, 15) is 4.79 Å². The van der Waals surface area contributed by atoms with Crippen LogP contribution >= 0.6 is 0 Å². The topological polar surface area (TPSA) is 53.2 Å². The third-order valence-electron chi connectivity index (χ3n) is 0.352. The van der Waals surface area contributed by atoms with Crippen molar-refractivity contribution >= 4 is 13.0 Å². The Morgan fingerprint density at radius 1 is 1.46 bits per heavy atom. The molecule has 0 aliphatic heterocycles. The van der Waals surface area contributed by atoms with Gasteiger partial charge in [-0.2, -0.15) is 6.42 Å². The van der Waals surface area contributed by atoms with Gasteiger partial charge in [0.05, 0.1) is 0 Å². The molecular weight excluding hydrogens is 363 g/mol. The van der Waals surface area contributed by atoms with Gasteiger partial charge in [-0.1, -0.05) is 35.6 Å². The molecule has 5 heteroatoms. The molecule has 0 aromatic carbocycles. The maximum atomic E-state index is 9.28. The molecule has 0 aliphatic carbocycles. The first-order chi connectivity index (χ1) is 3.83. The van der Waals surface area contributed by atoms with Crippen molar-refractivity contribution in [2.45, 2.75) is 42.0 Å². The summed E-state index contributed by atoms with van der Waals surface area (Å²) in [4.78, 5) is 9.28. The summed E-state index contributed by atoms with van der Waals surface area (Å²) >= 11 is 0. The number of hydrogen-bond acceptors (Lipinski definition) is 2. The van der Waals surface area contributed by atoms with E-state index in [2.05, 4.69) is 11.8 Å². The molecule has 0 fully saturated rings. The standard InChI is InChI=1S/C4H7O.CH3N2.3CH4.K.W.H/c1-2-3-4-5;1-3-2;;;;;;/h2-3H2,1H3;2H,1H2;3*1H4;;;/q2*-1;;;;+1;+2;-1. The van der Waals surface area contributed by atoms with Crippen molar-refractivity contribution < 1.29 is 78.7 Å². The van der Waals surface area contributed by atoms with E-state index in [1.165, 1.54) is 0 Å². The average molecular weight is 386 g/mol. The van der Waals surface area contributed by atoms with Crippen LogP contribution in [-0.4, -0.2) is 13.0 Å². The summed E-state index contributed by atoms with van der Waals surface area (Å²) in [5.41, 5.74) is 0. The fourth-order valence-corrected chi connectivity index (χ4v) is 0.102. The molecule has 0 unspecified atom stereocenters. The molecule has 0 saturated heterocycles. The quantitative estimate of drug-likeness (QED) is 0.296. The zero-order valence-corrected chi connectivity index (χ0v) is 12.4. The Labute approximate surface area is 142 Å². The Morgan fingerprint density at radius 3 is 1.69 bits per heavy atom. The number of hydrogen-bond donors (Lipinski definition) is 0. The molecule has 78 valence electrons. The first-order valence-electron chi connectivity index (χ1n) is 2.30. The molecule has 0 heterocycles. The summed E-state index contributed by atoms with van der Waals surface area (Å²) in [6, 6.07) is 0. The predicted octanol–water partition coefficient (Wildman–Crippen LogP) is 0.573. The van der Waals surface area contributed by atoms with Crippen molar-refractivity contribution in [1.29, 1.82) is 0 Å². The second-order valence-corrected chi connectivity index (χ2v) is 1.05. The van der Waals surface area contributed by atoms with Gasteiger partial charge in [0.15, 0.2) is 0 Å². The van der Waals surface area contributed by atoms with Crippen LogP contribution < -0.4 is 51.4 Å². The molecule has 0 aliphatic rings. The Hall–Kier alpha value is 1.46. The fourth-order valence-electron chi connectivity index (χ4n) is 0.102. The molecule has 1 N–H and O–H groups in total. The molecule has 3 nitrogen and oxygen atoms in total. The second-order valence-electron chi connectivity index (χ2n) is 1.05. The molecule has 0 bridgehead atoms. The van der Waals surface area contributed by atoms with E-state index >= 15 is 0 Å². The van der Waals surface area contributed by atoms with Gasteiger partial charge in [0, 0.05) is 0 Å². The van der Waals surface area contributed by atoms with Gasteiger partial charge in [-0.25, -0.2) is 0 Å². The van der Waals surface area contributed by atoms with Crippen LogP contribution in [0.3, 0.4) is 0 Å². The van der Waals surface area contributed by atoms with E-state index in [1.54, 1.807) is 6.29 Å². The van der Waals surface area contributed by atoms with Gasteiger partial charge in [-0.05, 0) is 6.72 Å². The van der Waals surface area contributed by atoms with Crippen LogP contribution in [0.25, 0.3) is 5.84 Å². The molecule has 0 atom stereocenters. The molecular formula is C8H23KN2OW. The molecule has 0 aromatic rings. The Balaban J connectivity index is -0.00000000626. The average Bonchev–Trinajstić information content (AvgIpc) is 1.71. The molecule has 0 amide bonds. The summed E-state index contributed by atoms with van der Waals surface area (Å²) in [6.07, 6.45) is 3.27. The van der Waals surface area contributed by atoms with Crippen LogP contribution in [0.15, 0.2) is 5.10 Å². The van der Waals surface area contributed by atoms with Crippen LogP contribution in [0.1, 0.15) is 43.5 Å². The molecule has 0 spiro atoms.